The Morgan fingerprint density at radius 3 is 2.70 bits per heavy atom. The summed E-state index contributed by atoms with van der Waals surface area (Å²) in [5, 5.41) is 9.06. The number of aryl methyl sites for hydroxylation is 1. The molecule has 0 aromatic carbocycles. The van der Waals surface area contributed by atoms with Crippen LogP contribution in [0.25, 0.3) is 0 Å². The average Bonchev–Trinajstić information content (AvgIpc) is 2.77. The van der Waals surface area contributed by atoms with Crippen LogP contribution in [0.3, 0.4) is 0 Å². The van der Waals surface area contributed by atoms with E-state index >= 15 is 0 Å². The van der Waals surface area contributed by atoms with Crippen LogP contribution in [0.2, 0.25) is 0 Å². The van der Waals surface area contributed by atoms with Gasteiger partial charge in [-0.15, -0.1) is 0 Å². The molecule has 1 fully saturated rings. The summed E-state index contributed by atoms with van der Waals surface area (Å²) in [6.07, 6.45) is -0.877. The Labute approximate surface area is 113 Å². The van der Waals surface area contributed by atoms with Crippen molar-refractivity contribution < 1.29 is 24.2 Å². The summed E-state index contributed by atoms with van der Waals surface area (Å²) >= 11 is 0. The lowest BCUT2D eigenvalue weighted by molar-refractivity contribution is -0.0250. The largest absolute Gasteiger partial charge is 0.394 e. The number of aromatic amines is 1. The summed E-state index contributed by atoms with van der Waals surface area (Å²) < 4.78 is 17.7. The topological polar surface area (TPSA) is 142 Å². The molecule has 0 bridgehead atoms. The highest BCUT2D eigenvalue weighted by Gasteiger charge is 2.46. The zero-order valence-corrected chi connectivity index (χ0v) is 11.5. The monoisotopic (exact) mass is 306 g/mol. The molecule has 10 heteroatoms. The van der Waals surface area contributed by atoms with E-state index in [1.54, 1.807) is 0 Å². The van der Waals surface area contributed by atoms with Crippen molar-refractivity contribution in [2.45, 2.75) is 31.3 Å². The van der Waals surface area contributed by atoms with Crippen LogP contribution < -0.4 is 11.2 Å². The molecule has 1 unspecified atom stereocenters. The predicted octanol–water partition coefficient (Wildman–Crippen LogP) is -1.33. The first-order valence-electron chi connectivity index (χ1n) is 5.87. The summed E-state index contributed by atoms with van der Waals surface area (Å²) in [4.78, 5) is 43.8. The Kier molecular flexibility index (Phi) is 3.99. The number of H-pyrrole nitrogens is 1. The third kappa shape index (κ3) is 2.77. The van der Waals surface area contributed by atoms with Crippen LogP contribution in [0.5, 0.6) is 0 Å². The SMILES string of the molecule is Cc1cn([C@@H]2O[C@H](CO)CC2P(=O)(O)O)c(=O)[nH]c1=O. The van der Waals surface area contributed by atoms with Crippen LogP contribution in [0.4, 0.5) is 0 Å². The van der Waals surface area contributed by atoms with Crippen molar-refractivity contribution in [3.05, 3.63) is 32.6 Å². The lowest BCUT2D eigenvalue weighted by Crippen LogP contribution is -2.36. The zero-order valence-electron chi connectivity index (χ0n) is 10.6. The summed E-state index contributed by atoms with van der Waals surface area (Å²) in [6.45, 7) is 1.05. The van der Waals surface area contributed by atoms with Crippen LogP contribution in [0.1, 0.15) is 18.2 Å². The molecule has 2 rings (SSSR count). The summed E-state index contributed by atoms with van der Waals surface area (Å²) in [5.41, 5.74) is -2.42. The molecule has 3 atom stereocenters. The molecular formula is C10H15N2O7P. The van der Waals surface area contributed by atoms with Gasteiger partial charge in [-0.05, 0) is 13.3 Å². The van der Waals surface area contributed by atoms with E-state index in [-0.39, 0.29) is 12.0 Å². The van der Waals surface area contributed by atoms with Crippen LogP contribution in [-0.4, -0.2) is 42.8 Å². The molecule has 112 valence electrons. The minimum absolute atomic E-state index is 0.0734. The van der Waals surface area contributed by atoms with Gasteiger partial charge in [-0.3, -0.25) is 18.9 Å². The molecule has 0 spiro atoms. The zero-order chi connectivity index (χ0) is 15.1. The Hall–Kier alpha value is -1.25. The fourth-order valence-corrected chi connectivity index (χ4v) is 3.23. The highest BCUT2D eigenvalue weighted by atomic mass is 31.2. The minimum atomic E-state index is -4.52. The molecule has 1 aromatic heterocycles. The number of hydrogen-bond acceptors (Lipinski definition) is 5. The number of rotatable bonds is 3. The second-order valence-corrected chi connectivity index (χ2v) is 6.54. The van der Waals surface area contributed by atoms with Crippen LogP contribution in [-0.2, 0) is 9.30 Å². The van der Waals surface area contributed by atoms with Crippen LogP contribution in [0, 0.1) is 6.92 Å². The van der Waals surface area contributed by atoms with E-state index in [4.69, 9.17) is 9.84 Å². The van der Waals surface area contributed by atoms with Crippen LogP contribution in [0.15, 0.2) is 15.8 Å². The van der Waals surface area contributed by atoms with Crippen LogP contribution >= 0.6 is 7.60 Å². The molecule has 0 saturated carbocycles. The molecule has 0 aliphatic carbocycles. The van der Waals surface area contributed by atoms with Crippen molar-refractivity contribution in [1.29, 1.82) is 0 Å². The highest BCUT2D eigenvalue weighted by molar-refractivity contribution is 7.52. The minimum Gasteiger partial charge on any atom is -0.394 e. The maximum Gasteiger partial charge on any atom is 0.333 e. The first-order chi connectivity index (χ1) is 9.24. The normalized spacial score (nSPS) is 26.9. The van der Waals surface area contributed by atoms with Crippen molar-refractivity contribution >= 4 is 7.60 Å². The van der Waals surface area contributed by atoms with E-state index in [1.807, 2.05) is 4.98 Å². The van der Waals surface area contributed by atoms with E-state index in [2.05, 4.69) is 0 Å². The molecule has 0 radical (unpaired) electrons. The lowest BCUT2D eigenvalue weighted by atomic mass is 10.2. The highest BCUT2D eigenvalue weighted by Crippen LogP contribution is 2.52. The van der Waals surface area contributed by atoms with E-state index < -0.39 is 43.4 Å². The molecule has 20 heavy (non-hydrogen) atoms. The third-order valence-electron chi connectivity index (χ3n) is 3.22. The second-order valence-electron chi connectivity index (χ2n) is 4.70. The molecule has 4 N–H and O–H groups in total. The molecule has 2 heterocycles. The van der Waals surface area contributed by atoms with Crippen molar-refractivity contribution in [3.63, 3.8) is 0 Å². The Balaban J connectivity index is 2.49. The number of nitrogens with one attached hydrogen (secondary N) is 1. The van der Waals surface area contributed by atoms with Crippen molar-refractivity contribution in [2.75, 3.05) is 6.61 Å². The first kappa shape index (κ1) is 15.1. The quantitative estimate of drug-likeness (QED) is 0.507. The van der Waals surface area contributed by atoms with Gasteiger partial charge in [0.2, 0.25) is 0 Å². The van der Waals surface area contributed by atoms with E-state index in [9.17, 15) is 23.9 Å². The summed E-state index contributed by atoms with van der Waals surface area (Å²) in [7, 11) is -4.52. The number of aromatic nitrogens is 2. The van der Waals surface area contributed by atoms with Crippen molar-refractivity contribution in [2.24, 2.45) is 0 Å². The molecule has 0 amide bonds. The summed E-state index contributed by atoms with van der Waals surface area (Å²) in [6, 6.07) is 0. The molecule has 1 aliphatic rings. The van der Waals surface area contributed by atoms with E-state index in [1.165, 1.54) is 13.1 Å². The van der Waals surface area contributed by atoms with Gasteiger partial charge >= 0.3 is 13.3 Å². The second kappa shape index (κ2) is 5.27. The van der Waals surface area contributed by atoms with Gasteiger partial charge < -0.3 is 19.6 Å². The van der Waals surface area contributed by atoms with E-state index in [0.29, 0.717) is 0 Å². The Bertz CT molecular complexity index is 660. The van der Waals surface area contributed by atoms with Gasteiger partial charge in [0.1, 0.15) is 5.66 Å². The maximum absolute atomic E-state index is 11.8. The fraction of sp³-hybridized carbons (Fsp3) is 0.600. The third-order valence-corrected chi connectivity index (χ3v) is 4.55. The van der Waals surface area contributed by atoms with Crippen molar-refractivity contribution in [3.8, 4) is 0 Å². The van der Waals surface area contributed by atoms with Gasteiger partial charge in [0.15, 0.2) is 6.23 Å². The van der Waals surface area contributed by atoms with Gasteiger partial charge in [-0.25, -0.2) is 4.79 Å². The predicted molar refractivity (Wildman–Crippen MR) is 67.5 cm³/mol. The Morgan fingerprint density at radius 1 is 1.50 bits per heavy atom. The molecule has 9 nitrogen and oxygen atoms in total. The van der Waals surface area contributed by atoms with Gasteiger partial charge in [-0.1, -0.05) is 0 Å². The van der Waals surface area contributed by atoms with Crippen molar-refractivity contribution in [1.82, 2.24) is 9.55 Å². The maximum atomic E-state index is 11.8. The fourth-order valence-electron chi connectivity index (χ4n) is 2.18. The Morgan fingerprint density at radius 2 is 2.15 bits per heavy atom. The van der Waals surface area contributed by atoms with E-state index in [0.717, 1.165) is 4.57 Å². The smallest absolute Gasteiger partial charge is 0.333 e. The molecule has 1 aliphatic heterocycles. The number of aliphatic hydroxyl groups is 1. The lowest BCUT2D eigenvalue weighted by Gasteiger charge is -2.21. The number of hydrogen-bond donors (Lipinski definition) is 4. The van der Waals surface area contributed by atoms with Gasteiger partial charge in [0.05, 0.1) is 12.7 Å². The van der Waals surface area contributed by atoms with Gasteiger partial charge in [-0.2, -0.15) is 0 Å². The van der Waals surface area contributed by atoms with Gasteiger partial charge in [0, 0.05) is 11.8 Å². The first-order valence-corrected chi connectivity index (χ1v) is 7.55. The molecular weight excluding hydrogens is 291 g/mol. The number of nitrogens with zero attached hydrogens (tertiary/aromatic N) is 1. The number of ether oxygens (including phenoxy) is 1. The van der Waals surface area contributed by atoms with Gasteiger partial charge in [0.25, 0.3) is 5.56 Å². The molecule has 1 saturated heterocycles. The summed E-state index contributed by atoms with van der Waals surface area (Å²) in [5.74, 6) is 0. The average molecular weight is 306 g/mol. The number of aliphatic hydroxyl groups excluding tert-OH is 1. The standard InChI is InChI=1S/C10H15N2O7P/c1-5-3-12(10(15)11-8(5)14)9-7(20(16,17)18)2-6(4-13)19-9/h3,6-7,9,13H,2,4H2,1H3,(H,11,14,15)(H2,16,17,18)/t6-,7?,9+/m0/s1. The molecule has 1 aromatic rings.